The standard InChI is InChI=1S/C29H36N4O6/c1-20(2)18-22(27(36)31-33-26(35)19-30-28(33)37)14-15-25(34)32-39-29(16-8-9-17-38-29)24-13-7-6-12-23(24)21-10-4-3-5-11-21/h3-7,10-13,20,22H,8-9,14-19H2,1-2H3,(H,30,37)(H,31,36)(H,32,34)/t22-,29+/m1/s1. The summed E-state index contributed by atoms with van der Waals surface area (Å²) >= 11 is 0. The van der Waals surface area contributed by atoms with Crippen LogP contribution in [0.1, 0.15) is 57.9 Å². The lowest BCUT2D eigenvalue weighted by Crippen LogP contribution is -2.49. The van der Waals surface area contributed by atoms with Crippen molar-refractivity contribution in [3.63, 3.8) is 0 Å². The van der Waals surface area contributed by atoms with Crippen LogP contribution in [0.4, 0.5) is 4.79 Å². The molecule has 0 aliphatic carbocycles. The molecule has 2 fully saturated rings. The predicted octanol–water partition coefficient (Wildman–Crippen LogP) is 3.78. The van der Waals surface area contributed by atoms with Crippen LogP contribution in [0, 0.1) is 11.8 Å². The second-order valence-electron chi connectivity index (χ2n) is 10.3. The van der Waals surface area contributed by atoms with E-state index in [2.05, 4.69) is 16.2 Å². The molecule has 39 heavy (non-hydrogen) atoms. The van der Waals surface area contributed by atoms with Crippen LogP contribution in [-0.4, -0.2) is 41.9 Å². The lowest BCUT2D eigenvalue weighted by molar-refractivity contribution is -0.289. The second kappa shape index (κ2) is 12.9. The highest BCUT2D eigenvalue weighted by Gasteiger charge is 2.40. The fourth-order valence-electron chi connectivity index (χ4n) is 4.96. The van der Waals surface area contributed by atoms with E-state index < -0.39 is 35.5 Å². The largest absolute Gasteiger partial charge is 0.344 e. The zero-order valence-corrected chi connectivity index (χ0v) is 22.4. The molecule has 2 aliphatic heterocycles. The van der Waals surface area contributed by atoms with E-state index in [0.717, 1.165) is 29.5 Å². The van der Waals surface area contributed by atoms with Gasteiger partial charge in [-0.05, 0) is 42.7 Å². The number of amides is 5. The molecule has 10 nitrogen and oxygen atoms in total. The SMILES string of the molecule is CC(C)C[C@@H](CCC(=O)NO[C@]1(c2ccccc2-c2ccccc2)CCCCO1)C(=O)NN1C(=O)CNC1=O. The third kappa shape index (κ3) is 7.01. The van der Waals surface area contributed by atoms with Gasteiger partial charge < -0.3 is 10.1 Å². The minimum Gasteiger partial charge on any atom is -0.344 e. The number of imide groups is 1. The molecule has 2 aromatic carbocycles. The Hall–Kier alpha value is -3.76. The highest BCUT2D eigenvalue weighted by atomic mass is 16.8. The Morgan fingerprint density at radius 1 is 1.08 bits per heavy atom. The third-order valence-electron chi connectivity index (χ3n) is 6.90. The summed E-state index contributed by atoms with van der Waals surface area (Å²) < 4.78 is 6.20. The second-order valence-corrected chi connectivity index (χ2v) is 10.3. The molecule has 5 amide bonds. The van der Waals surface area contributed by atoms with Crippen molar-refractivity contribution in [2.24, 2.45) is 11.8 Å². The molecule has 4 rings (SSSR count). The van der Waals surface area contributed by atoms with Gasteiger partial charge in [0.2, 0.25) is 17.6 Å². The van der Waals surface area contributed by atoms with Gasteiger partial charge in [-0.3, -0.25) is 19.8 Å². The Morgan fingerprint density at radius 2 is 1.82 bits per heavy atom. The van der Waals surface area contributed by atoms with Crippen molar-refractivity contribution in [3.05, 3.63) is 60.2 Å². The first-order valence-electron chi connectivity index (χ1n) is 13.5. The summed E-state index contributed by atoms with van der Waals surface area (Å²) in [4.78, 5) is 55.5. The van der Waals surface area contributed by atoms with E-state index in [9.17, 15) is 19.2 Å². The molecular formula is C29H36N4O6. The maximum Gasteiger partial charge on any atom is 0.343 e. The van der Waals surface area contributed by atoms with Crippen molar-refractivity contribution in [2.45, 2.75) is 58.2 Å². The first-order chi connectivity index (χ1) is 18.8. The number of hydroxylamine groups is 1. The summed E-state index contributed by atoms with van der Waals surface area (Å²) in [5, 5.41) is 3.05. The van der Waals surface area contributed by atoms with Crippen molar-refractivity contribution < 1.29 is 28.8 Å². The van der Waals surface area contributed by atoms with Crippen molar-refractivity contribution in [3.8, 4) is 11.1 Å². The van der Waals surface area contributed by atoms with Gasteiger partial charge in [-0.15, -0.1) is 0 Å². The normalized spacial score (nSPS) is 20.0. The van der Waals surface area contributed by atoms with E-state index in [1.165, 1.54) is 0 Å². The van der Waals surface area contributed by atoms with E-state index in [1.54, 1.807) is 0 Å². The molecule has 208 valence electrons. The number of hydrogen-bond donors (Lipinski definition) is 3. The number of hydrogen-bond acceptors (Lipinski definition) is 6. The smallest absolute Gasteiger partial charge is 0.343 e. The van der Waals surface area contributed by atoms with Crippen molar-refractivity contribution in [1.29, 1.82) is 0 Å². The number of carbonyl (C=O) groups is 4. The first kappa shape index (κ1) is 28.3. The van der Waals surface area contributed by atoms with E-state index in [-0.39, 0.29) is 25.3 Å². The van der Waals surface area contributed by atoms with Crippen LogP contribution in [0.25, 0.3) is 11.1 Å². The summed E-state index contributed by atoms with van der Waals surface area (Å²) in [7, 11) is 0. The van der Waals surface area contributed by atoms with Crippen LogP contribution in [0.2, 0.25) is 0 Å². The highest BCUT2D eigenvalue weighted by Crippen LogP contribution is 2.40. The number of urea groups is 1. The number of rotatable bonds is 11. The molecule has 0 radical (unpaired) electrons. The van der Waals surface area contributed by atoms with Gasteiger partial charge in [0.05, 0.1) is 6.61 Å². The molecule has 2 saturated heterocycles. The molecule has 0 spiro atoms. The monoisotopic (exact) mass is 536 g/mol. The molecule has 3 N–H and O–H groups in total. The van der Waals surface area contributed by atoms with Gasteiger partial charge in [-0.2, -0.15) is 5.01 Å². The number of hydrazine groups is 1. The number of nitrogens with zero attached hydrogens (tertiary/aromatic N) is 1. The van der Waals surface area contributed by atoms with Gasteiger partial charge in [-0.1, -0.05) is 68.4 Å². The van der Waals surface area contributed by atoms with E-state index in [0.29, 0.717) is 24.5 Å². The minimum atomic E-state index is -1.14. The topological polar surface area (TPSA) is 126 Å². The van der Waals surface area contributed by atoms with Gasteiger partial charge >= 0.3 is 6.03 Å². The quantitative estimate of drug-likeness (QED) is 0.296. The summed E-state index contributed by atoms with van der Waals surface area (Å²) in [6.07, 6.45) is 3.07. The fourth-order valence-corrected chi connectivity index (χ4v) is 4.96. The molecule has 10 heteroatoms. The Bertz CT molecular complexity index is 1160. The summed E-state index contributed by atoms with van der Waals surface area (Å²) in [5.74, 6) is -2.95. The van der Waals surface area contributed by atoms with Crippen molar-refractivity contribution in [2.75, 3.05) is 13.2 Å². The molecule has 2 aliphatic rings. The maximum absolute atomic E-state index is 12.9. The summed E-state index contributed by atoms with van der Waals surface area (Å²) in [6, 6.07) is 17.1. The highest BCUT2D eigenvalue weighted by molar-refractivity contribution is 6.03. The molecule has 0 unspecified atom stereocenters. The van der Waals surface area contributed by atoms with Gasteiger partial charge in [0.15, 0.2) is 0 Å². The lowest BCUT2D eigenvalue weighted by Gasteiger charge is -2.37. The summed E-state index contributed by atoms with van der Waals surface area (Å²) in [6.45, 7) is 4.26. The minimum absolute atomic E-state index is 0.0152. The molecule has 2 aromatic rings. The van der Waals surface area contributed by atoms with Crippen LogP contribution in [0.5, 0.6) is 0 Å². The Morgan fingerprint density at radius 3 is 2.49 bits per heavy atom. The zero-order chi connectivity index (χ0) is 27.8. The van der Waals surface area contributed by atoms with E-state index in [1.807, 2.05) is 68.4 Å². The van der Waals surface area contributed by atoms with Crippen molar-refractivity contribution in [1.82, 2.24) is 21.2 Å². The van der Waals surface area contributed by atoms with Crippen LogP contribution >= 0.6 is 0 Å². The number of nitrogens with one attached hydrogen (secondary N) is 3. The number of ether oxygens (including phenoxy) is 1. The molecule has 0 bridgehead atoms. The third-order valence-corrected chi connectivity index (χ3v) is 6.90. The predicted molar refractivity (Wildman–Crippen MR) is 143 cm³/mol. The van der Waals surface area contributed by atoms with E-state index >= 15 is 0 Å². The zero-order valence-electron chi connectivity index (χ0n) is 22.4. The average molecular weight is 537 g/mol. The molecule has 0 saturated carbocycles. The molecular weight excluding hydrogens is 500 g/mol. The molecule has 2 atom stereocenters. The van der Waals surface area contributed by atoms with Gasteiger partial charge in [0.1, 0.15) is 6.54 Å². The van der Waals surface area contributed by atoms with Crippen LogP contribution < -0.4 is 16.2 Å². The van der Waals surface area contributed by atoms with Crippen molar-refractivity contribution >= 4 is 23.8 Å². The van der Waals surface area contributed by atoms with Gasteiger partial charge in [0, 0.05) is 24.3 Å². The number of benzene rings is 2. The molecule has 0 aromatic heterocycles. The van der Waals surface area contributed by atoms with Crippen LogP contribution in [0.3, 0.4) is 0 Å². The van der Waals surface area contributed by atoms with E-state index in [4.69, 9.17) is 9.57 Å². The Labute approximate surface area is 228 Å². The Balaban J connectivity index is 1.42. The lowest BCUT2D eigenvalue weighted by atomic mass is 9.90. The van der Waals surface area contributed by atoms with Crippen LogP contribution in [-0.2, 0) is 29.7 Å². The first-order valence-corrected chi connectivity index (χ1v) is 13.5. The number of carbonyl (C=O) groups excluding carboxylic acids is 4. The molecule has 2 heterocycles. The van der Waals surface area contributed by atoms with Gasteiger partial charge in [-0.25, -0.2) is 15.1 Å². The fraction of sp³-hybridized carbons (Fsp3) is 0.448. The van der Waals surface area contributed by atoms with Gasteiger partial charge in [0.25, 0.3) is 5.91 Å². The van der Waals surface area contributed by atoms with Crippen LogP contribution in [0.15, 0.2) is 54.6 Å². The average Bonchev–Trinajstić information content (AvgIpc) is 3.27. The Kier molecular flexibility index (Phi) is 9.32. The summed E-state index contributed by atoms with van der Waals surface area (Å²) in [5.41, 5.74) is 7.79. The maximum atomic E-state index is 12.9.